The maximum absolute atomic E-state index is 13.4. The van der Waals surface area contributed by atoms with Crippen LogP contribution >= 0.6 is 11.8 Å². The fourth-order valence-electron chi connectivity index (χ4n) is 1.22. The van der Waals surface area contributed by atoms with Crippen molar-refractivity contribution >= 4 is 11.8 Å². The van der Waals surface area contributed by atoms with Gasteiger partial charge in [0.05, 0.1) is 0 Å². The lowest BCUT2D eigenvalue weighted by Crippen LogP contribution is -2.16. The van der Waals surface area contributed by atoms with Gasteiger partial charge in [-0.2, -0.15) is 0 Å². The van der Waals surface area contributed by atoms with Crippen molar-refractivity contribution in [1.82, 2.24) is 0 Å². The van der Waals surface area contributed by atoms with Crippen molar-refractivity contribution < 1.29 is 13.9 Å². The predicted octanol–water partition coefficient (Wildman–Crippen LogP) is 2.88. The third kappa shape index (κ3) is 2.45. The van der Waals surface area contributed by atoms with Crippen molar-refractivity contribution in [3.63, 3.8) is 0 Å². The molecule has 1 aromatic carbocycles. The highest BCUT2D eigenvalue weighted by atomic mass is 32.2. The zero-order valence-corrected chi connectivity index (χ0v) is 8.65. The van der Waals surface area contributed by atoms with Gasteiger partial charge in [-0.3, -0.25) is 0 Å². The summed E-state index contributed by atoms with van der Waals surface area (Å²) in [7, 11) is 0. The quantitative estimate of drug-likeness (QED) is 0.784. The molecule has 0 amide bonds. The standard InChI is InChI=1S/C10H12F2OS/c1-14-9-5-3-2-4-8(9)10(11,12)6-7-13/h2-5,13H,6-7H2,1H3. The molecule has 1 nitrogen and oxygen atoms in total. The molecule has 14 heavy (non-hydrogen) atoms. The highest BCUT2D eigenvalue weighted by Crippen LogP contribution is 2.36. The van der Waals surface area contributed by atoms with E-state index in [1.54, 1.807) is 24.5 Å². The molecule has 0 unspecified atom stereocenters. The van der Waals surface area contributed by atoms with E-state index >= 15 is 0 Å². The molecule has 0 bridgehead atoms. The summed E-state index contributed by atoms with van der Waals surface area (Å²) in [5.41, 5.74) is 0.00144. The van der Waals surface area contributed by atoms with E-state index < -0.39 is 19.0 Å². The zero-order chi connectivity index (χ0) is 10.6. The number of alkyl halides is 2. The van der Waals surface area contributed by atoms with Gasteiger partial charge in [-0.15, -0.1) is 11.8 Å². The molecule has 0 spiro atoms. The van der Waals surface area contributed by atoms with Gasteiger partial charge in [0, 0.05) is 23.5 Å². The van der Waals surface area contributed by atoms with E-state index in [1.165, 1.54) is 17.8 Å². The Morgan fingerprint density at radius 3 is 2.57 bits per heavy atom. The van der Waals surface area contributed by atoms with Crippen LogP contribution in [0, 0.1) is 0 Å². The van der Waals surface area contributed by atoms with Crippen molar-refractivity contribution in [2.24, 2.45) is 0 Å². The summed E-state index contributed by atoms with van der Waals surface area (Å²) >= 11 is 1.29. The average molecular weight is 218 g/mol. The third-order valence-electron chi connectivity index (χ3n) is 1.93. The topological polar surface area (TPSA) is 20.2 Å². The van der Waals surface area contributed by atoms with E-state index in [0.717, 1.165) is 0 Å². The number of hydrogen-bond donors (Lipinski definition) is 1. The van der Waals surface area contributed by atoms with Crippen molar-refractivity contribution in [3.8, 4) is 0 Å². The molecule has 0 radical (unpaired) electrons. The Kier molecular flexibility index (Phi) is 3.89. The molecule has 0 aliphatic carbocycles. The van der Waals surface area contributed by atoms with Crippen molar-refractivity contribution in [3.05, 3.63) is 29.8 Å². The van der Waals surface area contributed by atoms with Gasteiger partial charge >= 0.3 is 0 Å². The smallest absolute Gasteiger partial charge is 0.276 e. The Bertz CT molecular complexity index is 302. The van der Waals surface area contributed by atoms with Gasteiger partial charge in [-0.1, -0.05) is 18.2 Å². The molecule has 4 heteroatoms. The van der Waals surface area contributed by atoms with Gasteiger partial charge in [0.1, 0.15) is 0 Å². The molecule has 0 aliphatic heterocycles. The summed E-state index contributed by atoms with van der Waals surface area (Å²) in [6, 6.07) is 6.37. The number of thioether (sulfide) groups is 1. The van der Waals surface area contributed by atoms with Crippen LogP contribution < -0.4 is 0 Å². The molecule has 0 heterocycles. The summed E-state index contributed by atoms with van der Waals surface area (Å²) in [5.74, 6) is -2.94. The average Bonchev–Trinajstić information content (AvgIpc) is 2.18. The first-order chi connectivity index (χ1) is 6.61. The fraction of sp³-hybridized carbons (Fsp3) is 0.400. The third-order valence-corrected chi connectivity index (χ3v) is 2.72. The van der Waals surface area contributed by atoms with Crippen molar-refractivity contribution in [2.45, 2.75) is 17.2 Å². The van der Waals surface area contributed by atoms with Crippen LogP contribution in [0.25, 0.3) is 0 Å². The molecule has 0 saturated carbocycles. The minimum Gasteiger partial charge on any atom is -0.396 e. The Hall–Kier alpha value is -0.610. The maximum atomic E-state index is 13.4. The normalized spacial score (nSPS) is 11.7. The number of aliphatic hydroxyl groups excluding tert-OH is 1. The van der Waals surface area contributed by atoms with E-state index in [0.29, 0.717) is 4.90 Å². The van der Waals surface area contributed by atoms with Crippen LogP contribution in [0.5, 0.6) is 0 Å². The van der Waals surface area contributed by atoms with Gasteiger partial charge in [0.25, 0.3) is 5.92 Å². The summed E-state index contributed by atoms with van der Waals surface area (Å²) in [4.78, 5) is 0.561. The molecule has 1 rings (SSSR count). The van der Waals surface area contributed by atoms with Crippen molar-refractivity contribution in [2.75, 3.05) is 12.9 Å². The number of hydrogen-bond acceptors (Lipinski definition) is 2. The Balaban J connectivity index is 3.04. The van der Waals surface area contributed by atoms with Crippen molar-refractivity contribution in [1.29, 1.82) is 0 Å². The second kappa shape index (κ2) is 4.75. The first-order valence-corrected chi connectivity index (χ1v) is 5.46. The van der Waals surface area contributed by atoms with Gasteiger partial charge in [0.15, 0.2) is 0 Å². The Labute approximate surface area is 86.1 Å². The molecule has 0 aliphatic rings. The fourth-order valence-corrected chi connectivity index (χ4v) is 1.87. The van der Waals surface area contributed by atoms with Crippen LogP contribution in [0.4, 0.5) is 8.78 Å². The minimum absolute atomic E-state index is 0.00144. The van der Waals surface area contributed by atoms with Crippen LogP contribution in [-0.2, 0) is 5.92 Å². The lowest BCUT2D eigenvalue weighted by molar-refractivity contribution is -0.0293. The van der Waals surface area contributed by atoms with E-state index in [4.69, 9.17) is 5.11 Å². The summed E-state index contributed by atoms with van der Waals surface area (Å²) in [6.07, 6.45) is 1.23. The Morgan fingerprint density at radius 2 is 2.00 bits per heavy atom. The molecular formula is C10H12F2OS. The minimum atomic E-state index is -2.94. The van der Waals surface area contributed by atoms with Crippen LogP contribution in [0.1, 0.15) is 12.0 Å². The second-order valence-corrected chi connectivity index (χ2v) is 3.73. The molecular weight excluding hydrogens is 206 g/mol. The largest absolute Gasteiger partial charge is 0.396 e. The molecule has 0 aromatic heterocycles. The number of rotatable bonds is 4. The van der Waals surface area contributed by atoms with Crippen LogP contribution in [0.3, 0.4) is 0 Å². The summed E-state index contributed by atoms with van der Waals surface area (Å²) in [6.45, 7) is -0.504. The van der Waals surface area contributed by atoms with E-state index in [-0.39, 0.29) is 5.56 Å². The first-order valence-electron chi connectivity index (χ1n) is 4.24. The summed E-state index contributed by atoms with van der Waals surface area (Å²) in [5, 5.41) is 8.54. The van der Waals surface area contributed by atoms with Gasteiger partial charge < -0.3 is 5.11 Å². The number of benzene rings is 1. The molecule has 1 N–H and O–H groups in total. The van der Waals surface area contributed by atoms with Crippen LogP contribution in [0.15, 0.2) is 29.2 Å². The number of aliphatic hydroxyl groups is 1. The lowest BCUT2D eigenvalue weighted by atomic mass is 10.1. The first kappa shape index (κ1) is 11.5. The molecule has 1 aromatic rings. The van der Waals surface area contributed by atoms with E-state index in [1.807, 2.05) is 0 Å². The van der Waals surface area contributed by atoms with Gasteiger partial charge in [0.2, 0.25) is 0 Å². The molecule has 0 atom stereocenters. The Morgan fingerprint density at radius 1 is 1.36 bits per heavy atom. The SMILES string of the molecule is CSc1ccccc1C(F)(F)CCO. The lowest BCUT2D eigenvalue weighted by Gasteiger charge is -2.17. The molecule has 0 fully saturated rings. The highest BCUT2D eigenvalue weighted by molar-refractivity contribution is 7.98. The molecule has 0 saturated heterocycles. The second-order valence-electron chi connectivity index (χ2n) is 2.88. The van der Waals surface area contributed by atoms with Gasteiger partial charge in [-0.05, 0) is 12.3 Å². The predicted molar refractivity (Wildman–Crippen MR) is 53.8 cm³/mol. The van der Waals surface area contributed by atoms with Gasteiger partial charge in [-0.25, -0.2) is 8.78 Å². The van der Waals surface area contributed by atoms with E-state index in [9.17, 15) is 8.78 Å². The number of halogens is 2. The summed E-state index contributed by atoms with van der Waals surface area (Å²) < 4.78 is 26.9. The molecule has 78 valence electrons. The maximum Gasteiger partial charge on any atom is 0.276 e. The highest BCUT2D eigenvalue weighted by Gasteiger charge is 2.32. The van der Waals surface area contributed by atoms with Crippen LogP contribution in [-0.4, -0.2) is 18.0 Å². The van der Waals surface area contributed by atoms with Crippen LogP contribution in [0.2, 0.25) is 0 Å². The zero-order valence-electron chi connectivity index (χ0n) is 7.84. The monoisotopic (exact) mass is 218 g/mol. The van der Waals surface area contributed by atoms with E-state index in [2.05, 4.69) is 0 Å².